The Morgan fingerprint density at radius 2 is 0.731 bits per heavy atom. The van der Waals surface area contributed by atoms with E-state index in [1.807, 2.05) is 0 Å². The van der Waals surface area contributed by atoms with Crippen molar-refractivity contribution in [1.82, 2.24) is 0 Å². The topological polar surface area (TPSA) is 37.3 Å². The molecule has 0 atom stereocenters. The number of hydrogen-bond donors (Lipinski definition) is 1. The number of hydrogen-bond acceptors (Lipinski definition) is 1. The molecule has 0 aromatic rings. The molecule has 0 unspecified atom stereocenters. The molecule has 0 heterocycles. The molecule has 18 heteroatoms. The van der Waals surface area contributed by atoms with Crippen molar-refractivity contribution in [3.05, 3.63) is 0 Å². The number of carboxylic acids is 1. The fourth-order valence-electron chi connectivity index (χ4n) is 1.10. The van der Waals surface area contributed by atoms with Gasteiger partial charge in [-0.05, 0) is 0 Å². The van der Waals surface area contributed by atoms with Gasteiger partial charge in [-0.3, -0.25) is 0 Å². The van der Waals surface area contributed by atoms with Gasteiger partial charge in [-0.25, -0.2) is 4.79 Å². The van der Waals surface area contributed by atoms with Crippen LogP contribution >= 0.6 is 0 Å². The Kier molecular flexibility index (Phi) is 7.92. The molecule has 0 rings (SSSR count). The molecular formula is C8H2F15O2Rb. The third-order valence-electron chi connectivity index (χ3n) is 2.60. The predicted molar refractivity (Wildman–Crippen MR) is 50.5 cm³/mol. The van der Waals surface area contributed by atoms with Gasteiger partial charge in [0.15, 0.2) is 0 Å². The molecule has 0 aromatic heterocycles. The molecule has 0 aromatic carbocycles. The molecule has 26 heavy (non-hydrogen) atoms. The number of aliphatic carboxylic acids is 1. The van der Waals surface area contributed by atoms with Gasteiger partial charge in [0.05, 0.1) is 0 Å². The summed E-state index contributed by atoms with van der Waals surface area (Å²) in [4.78, 5) is 9.72. The van der Waals surface area contributed by atoms with E-state index in [0.29, 0.717) is 0 Å². The van der Waals surface area contributed by atoms with Gasteiger partial charge in [-0.15, -0.1) is 0 Å². The Morgan fingerprint density at radius 3 is 0.962 bits per heavy atom. The molecule has 0 saturated heterocycles. The van der Waals surface area contributed by atoms with Gasteiger partial charge in [0, 0.05) is 0 Å². The SMILES string of the molecule is O=C(O)C(F)(F)C(F)(F)C(F)(F)C(F)(F)C(F)(F)C(F)(F)C(F)(F)F.[RbH]. The van der Waals surface area contributed by atoms with Crippen molar-refractivity contribution >= 4 is 64.2 Å². The maximum absolute atomic E-state index is 12.8. The van der Waals surface area contributed by atoms with E-state index >= 15 is 0 Å². The first-order valence-electron chi connectivity index (χ1n) is 5.01. The zero-order valence-electron chi connectivity index (χ0n) is 10.5. The van der Waals surface area contributed by atoms with E-state index < -0.39 is 47.7 Å². The van der Waals surface area contributed by atoms with Crippen LogP contribution in [0.2, 0.25) is 0 Å². The number of alkyl halides is 15. The summed E-state index contributed by atoms with van der Waals surface area (Å²) in [5.74, 6) is -52.8. The third kappa shape index (κ3) is 3.60. The summed E-state index contributed by atoms with van der Waals surface area (Å²) < 4.78 is 187. The van der Waals surface area contributed by atoms with Crippen LogP contribution in [0.1, 0.15) is 0 Å². The second-order valence-electron chi connectivity index (χ2n) is 4.25. The van der Waals surface area contributed by atoms with Crippen molar-refractivity contribution < 1.29 is 75.8 Å². The van der Waals surface area contributed by atoms with Crippen LogP contribution in [-0.2, 0) is 4.79 Å². The second-order valence-corrected chi connectivity index (χ2v) is 4.25. The second kappa shape index (κ2) is 7.24. The predicted octanol–water partition coefficient (Wildman–Crippen LogP) is 3.80. The van der Waals surface area contributed by atoms with Gasteiger partial charge in [-0.1, -0.05) is 0 Å². The van der Waals surface area contributed by atoms with Gasteiger partial charge < -0.3 is 5.11 Å². The zero-order valence-corrected chi connectivity index (χ0v) is 10.5. The molecule has 0 aliphatic carbocycles. The Balaban J connectivity index is 0. The van der Waals surface area contributed by atoms with Gasteiger partial charge in [0.25, 0.3) is 0 Å². The molecule has 0 aliphatic rings. The van der Waals surface area contributed by atoms with E-state index in [9.17, 15) is 70.7 Å². The number of carboxylic acid groups (broad SMARTS) is 1. The molecular weight excluding hydrogens is 499 g/mol. The Labute approximate surface area is 180 Å². The summed E-state index contributed by atoms with van der Waals surface area (Å²) >= 11 is 0. The van der Waals surface area contributed by atoms with Crippen LogP contribution in [0.3, 0.4) is 0 Å². The van der Waals surface area contributed by atoms with Crippen molar-refractivity contribution in [3.63, 3.8) is 0 Å². The molecule has 0 amide bonds. The first-order valence-corrected chi connectivity index (χ1v) is 5.01. The Bertz CT molecular complexity index is 536. The molecule has 0 spiro atoms. The van der Waals surface area contributed by atoms with Gasteiger partial charge in [-0.2, -0.15) is 65.9 Å². The van der Waals surface area contributed by atoms with Crippen LogP contribution in [0.25, 0.3) is 0 Å². The first-order chi connectivity index (χ1) is 10.4. The summed E-state index contributed by atoms with van der Waals surface area (Å²) in [7, 11) is 0. The Hall–Kier alpha value is 0.225. The fraction of sp³-hybridized carbons (Fsp3) is 0.875. The summed E-state index contributed by atoms with van der Waals surface area (Å²) in [5, 5.41) is 7.57. The van der Waals surface area contributed by atoms with Crippen LogP contribution in [0, 0.1) is 0 Å². The monoisotopic (exact) mass is 500 g/mol. The standard InChI is InChI=1S/C8HF15O2.Rb.H/c9-2(10,1(24)25)3(11,12)4(13,14)5(15,16)6(17,18)7(19,20)8(21,22)23;;/h(H,24,25);;. The van der Waals surface area contributed by atoms with E-state index in [1.54, 1.807) is 0 Å². The van der Waals surface area contributed by atoms with Crippen molar-refractivity contribution in [2.24, 2.45) is 0 Å². The van der Waals surface area contributed by atoms with E-state index in [-0.39, 0.29) is 58.2 Å². The number of rotatable bonds is 6. The molecule has 0 aliphatic heterocycles. The zero-order chi connectivity index (χ0) is 21.1. The quantitative estimate of drug-likeness (QED) is 0.564. The van der Waals surface area contributed by atoms with E-state index in [0.717, 1.165) is 0 Å². The van der Waals surface area contributed by atoms with E-state index in [2.05, 4.69) is 0 Å². The molecule has 2 nitrogen and oxygen atoms in total. The summed E-state index contributed by atoms with van der Waals surface area (Å²) in [6.45, 7) is 0. The average Bonchev–Trinajstić information content (AvgIpc) is 2.35. The number of carbonyl (C=O) groups is 1. The van der Waals surface area contributed by atoms with Crippen molar-refractivity contribution in [2.75, 3.05) is 0 Å². The molecule has 0 radical (unpaired) electrons. The van der Waals surface area contributed by atoms with Crippen molar-refractivity contribution in [1.29, 1.82) is 0 Å². The maximum atomic E-state index is 12.8. The fourth-order valence-corrected chi connectivity index (χ4v) is 1.10. The van der Waals surface area contributed by atoms with Crippen molar-refractivity contribution in [2.45, 2.75) is 41.7 Å². The van der Waals surface area contributed by atoms with Crippen LogP contribution in [0.4, 0.5) is 65.9 Å². The molecule has 0 saturated carbocycles. The molecule has 1 N–H and O–H groups in total. The Morgan fingerprint density at radius 1 is 0.500 bits per heavy atom. The summed E-state index contributed by atoms with van der Waals surface area (Å²) in [6.07, 6.45) is -7.69. The summed E-state index contributed by atoms with van der Waals surface area (Å²) in [5.41, 5.74) is 0. The summed E-state index contributed by atoms with van der Waals surface area (Å²) in [6, 6.07) is 0. The average molecular weight is 501 g/mol. The normalized spacial score (nSPS) is 15.5. The van der Waals surface area contributed by atoms with Crippen LogP contribution in [0.15, 0.2) is 0 Å². The molecule has 0 fully saturated rings. The van der Waals surface area contributed by atoms with E-state index in [1.165, 1.54) is 0 Å². The molecule has 0 bridgehead atoms. The van der Waals surface area contributed by atoms with Gasteiger partial charge >= 0.3 is 106 Å². The number of halogens is 15. The third-order valence-corrected chi connectivity index (χ3v) is 2.60. The minimum atomic E-state index is -8.47. The van der Waals surface area contributed by atoms with Gasteiger partial charge in [0.2, 0.25) is 0 Å². The minimum absolute atomic E-state index is 0. The first kappa shape index (κ1) is 28.4. The van der Waals surface area contributed by atoms with Crippen molar-refractivity contribution in [3.8, 4) is 0 Å². The van der Waals surface area contributed by atoms with E-state index in [4.69, 9.17) is 5.11 Å². The van der Waals surface area contributed by atoms with Crippen LogP contribution in [-0.4, -0.2) is 111 Å². The molecule has 152 valence electrons. The van der Waals surface area contributed by atoms with Crippen LogP contribution in [0.5, 0.6) is 0 Å². The van der Waals surface area contributed by atoms with Gasteiger partial charge in [0.1, 0.15) is 0 Å². The van der Waals surface area contributed by atoms with Crippen LogP contribution < -0.4 is 0 Å².